The van der Waals surface area contributed by atoms with Crippen molar-refractivity contribution < 1.29 is 23.8 Å². The number of carbonyl (C=O) groups excluding carboxylic acids is 2. The number of ether oxygens (including phenoxy) is 3. The second kappa shape index (κ2) is 10.2. The Kier molecular flexibility index (Phi) is 7.93. The van der Waals surface area contributed by atoms with E-state index in [1.54, 1.807) is 33.1 Å². The Balaban J connectivity index is 2.51. The highest BCUT2D eigenvalue weighted by Gasteiger charge is 2.34. The van der Waals surface area contributed by atoms with Gasteiger partial charge in [0.15, 0.2) is 11.5 Å². The maximum absolute atomic E-state index is 12.9. The molecular formula is C22H32N2O5. The quantitative estimate of drug-likeness (QED) is 0.602. The number of carbonyl (C=O) groups is 2. The van der Waals surface area contributed by atoms with Gasteiger partial charge in [0.05, 0.1) is 30.9 Å². The van der Waals surface area contributed by atoms with E-state index < -0.39 is 12.0 Å². The predicted molar refractivity (Wildman–Crippen MR) is 111 cm³/mol. The molecule has 2 rings (SSSR count). The molecule has 1 aromatic carbocycles. The zero-order valence-electron chi connectivity index (χ0n) is 18.1. The van der Waals surface area contributed by atoms with Crippen molar-refractivity contribution in [3.63, 3.8) is 0 Å². The normalized spacial score (nSPS) is 16.6. The van der Waals surface area contributed by atoms with Gasteiger partial charge in [-0.25, -0.2) is 9.59 Å². The summed E-state index contributed by atoms with van der Waals surface area (Å²) in [6.45, 7) is 9.53. The van der Waals surface area contributed by atoms with Gasteiger partial charge in [-0.3, -0.25) is 0 Å². The van der Waals surface area contributed by atoms with Gasteiger partial charge in [0, 0.05) is 5.70 Å². The molecule has 7 nitrogen and oxygen atoms in total. The topological polar surface area (TPSA) is 85.9 Å². The first-order chi connectivity index (χ1) is 13.8. The van der Waals surface area contributed by atoms with Crippen LogP contribution in [0.25, 0.3) is 0 Å². The van der Waals surface area contributed by atoms with Crippen LogP contribution in [-0.2, 0) is 9.53 Å². The first-order valence-electron chi connectivity index (χ1n) is 10.1. The number of hydrogen-bond acceptors (Lipinski definition) is 5. The first-order valence-corrected chi connectivity index (χ1v) is 10.1. The standard InChI is InChI=1S/C22H32N2O5/c1-7-8-9-16-19(21(25)29-14(4)5)20(24-22(26)23-16)15-10-11-17(28-13(2)3)18(12-15)27-6/h10-14,20H,7-9H2,1-6H3,(H2,23,24,26). The molecule has 0 fully saturated rings. The molecule has 1 aromatic rings. The van der Waals surface area contributed by atoms with Crippen molar-refractivity contribution >= 4 is 12.0 Å². The fraction of sp³-hybridized carbons (Fsp3) is 0.545. The average molecular weight is 405 g/mol. The molecule has 1 aliphatic rings. The second-order valence-electron chi connectivity index (χ2n) is 7.56. The fourth-order valence-corrected chi connectivity index (χ4v) is 3.15. The number of rotatable bonds is 9. The van der Waals surface area contributed by atoms with Gasteiger partial charge in [0.25, 0.3) is 0 Å². The molecule has 1 unspecified atom stereocenters. The summed E-state index contributed by atoms with van der Waals surface area (Å²) >= 11 is 0. The van der Waals surface area contributed by atoms with Crippen molar-refractivity contribution in [2.75, 3.05) is 7.11 Å². The van der Waals surface area contributed by atoms with Crippen LogP contribution in [0.4, 0.5) is 4.79 Å². The minimum absolute atomic E-state index is 0.00884. The molecule has 0 spiro atoms. The molecule has 0 radical (unpaired) electrons. The molecule has 1 aliphatic heterocycles. The first kappa shape index (κ1) is 22.6. The van der Waals surface area contributed by atoms with E-state index in [4.69, 9.17) is 14.2 Å². The van der Waals surface area contributed by atoms with Gasteiger partial charge in [-0.15, -0.1) is 0 Å². The number of benzene rings is 1. The van der Waals surface area contributed by atoms with Crippen LogP contribution in [0.3, 0.4) is 0 Å². The van der Waals surface area contributed by atoms with Crippen LogP contribution >= 0.6 is 0 Å². The van der Waals surface area contributed by atoms with Gasteiger partial charge in [0.1, 0.15) is 0 Å². The van der Waals surface area contributed by atoms with E-state index in [1.807, 2.05) is 19.9 Å². The van der Waals surface area contributed by atoms with Crippen molar-refractivity contribution in [2.45, 2.75) is 72.1 Å². The molecule has 7 heteroatoms. The molecule has 0 aromatic heterocycles. The Morgan fingerprint density at radius 2 is 1.86 bits per heavy atom. The smallest absolute Gasteiger partial charge is 0.338 e. The Morgan fingerprint density at radius 3 is 2.45 bits per heavy atom. The molecule has 1 atom stereocenters. The Hall–Kier alpha value is -2.70. The number of hydrogen-bond donors (Lipinski definition) is 2. The minimum Gasteiger partial charge on any atom is -0.493 e. The fourth-order valence-electron chi connectivity index (χ4n) is 3.15. The molecule has 0 saturated carbocycles. The van der Waals surface area contributed by atoms with Crippen molar-refractivity contribution in [3.05, 3.63) is 35.0 Å². The molecule has 0 saturated heterocycles. The van der Waals surface area contributed by atoms with Crippen LogP contribution in [0.15, 0.2) is 29.5 Å². The zero-order chi connectivity index (χ0) is 21.6. The lowest BCUT2D eigenvalue weighted by molar-refractivity contribution is -0.143. The van der Waals surface area contributed by atoms with Crippen molar-refractivity contribution in [2.24, 2.45) is 0 Å². The summed E-state index contributed by atoms with van der Waals surface area (Å²) in [4.78, 5) is 25.2. The number of allylic oxidation sites excluding steroid dienone is 1. The lowest BCUT2D eigenvalue weighted by Gasteiger charge is -2.30. The third kappa shape index (κ3) is 5.89. The van der Waals surface area contributed by atoms with Crippen LogP contribution in [0.1, 0.15) is 65.5 Å². The van der Waals surface area contributed by atoms with E-state index in [-0.39, 0.29) is 18.2 Å². The predicted octanol–water partition coefficient (Wildman–Crippen LogP) is 4.23. The van der Waals surface area contributed by atoms with Gasteiger partial charge in [-0.05, 0) is 58.2 Å². The zero-order valence-corrected chi connectivity index (χ0v) is 18.1. The summed E-state index contributed by atoms with van der Waals surface area (Å²) in [6.07, 6.45) is 2.11. The summed E-state index contributed by atoms with van der Waals surface area (Å²) in [7, 11) is 1.56. The van der Waals surface area contributed by atoms with E-state index in [2.05, 4.69) is 17.6 Å². The monoisotopic (exact) mass is 404 g/mol. The number of nitrogens with one attached hydrogen (secondary N) is 2. The Bertz CT molecular complexity index is 770. The minimum atomic E-state index is -0.635. The molecular weight excluding hydrogens is 372 g/mol. The van der Waals surface area contributed by atoms with Gasteiger partial charge < -0.3 is 24.8 Å². The number of unbranched alkanes of at least 4 members (excludes halogenated alkanes) is 1. The Morgan fingerprint density at radius 1 is 1.14 bits per heavy atom. The summed E-state index contributed by atoms with van der Waals surface area (Å²) < 4.78 is 16.7. The maximum Gasteiger partial charge on any atom is 0.338 e. The number of methoxy groups -OCH3 is 1. The largest absolute Gasteiger partial charge is 0.493 e. The summed E-state index contributed by atoms with van der Waals surface area (Å²) in [5.74, 6) is 0.703. The van der Waals surface area contributed by atoms with E-state index in [0.717, 1.165) is 18.4 Å². The highest BCUT2D eigenvalue weighted by atomic mass is 16.5. The lowest BCUT2D eigenvalue weighted by atomic mass is 9.93. The van der Waals surface area contributed by atoms with Crippen LogP contribution in [-0.4, -0.2) is 31.3 Å². The van der Waals surface area contributed by atoms with E-state index in [0.29, 0.717) is 29.2 Å². The van der Waals surface area contributed by atoms with Crippen molar-refractivity contribution in [1.82, 2.24) is 10.6 Å². The summed E-state index contributed by atoms with van der Waals surface area (Å²) in [5, 5.41) is 5.64. The van der Waals surface area contributed by atoms with Crippen LogP contribution in [0, 0.1) is 0 Å². The molecule has 0 bridgehead atoms. The van der Waals surface area contributed by atoms with Gasteiger partial charge >= 0.3 is 12.0 Å². The van der Waals surface area contributed by atoms with Gasteiger partial charge in [0.2, 0.25) is 0 Å². The number of urea groups is 1. The maximum atomic E-state index is 12.9. The lowest BCUT2D eigenvalue weighted by Crippen LogP contribution is -2.46. The summed E-state index contributed by atoms with van der Waals surface area (Å²) in [5.41, 5.74) is 1.75. The molecule has 2 N–H and O–H groups in total. The molecule has 0 aliphatic carbocycles. The van der Waals surface area contributed by atoms with Crippen LogP contribution in [0.2, 0.25) is 0 Å². The third-order valence-electron chi connectivity index (χ3n) is 4.38. The SMILES string of the molecule is CCCCC1=C(C(=O)OC(C)C)C(c2ccc(OC(C)C)c(OC)c2)NC(=O)N1. The molecule has 1 heterocycles. The second-order valence-corrected chi connectivity index (χ2v) is 7.56. The summed E-state index contributed by atoms with van der Waals surface area (Å²) in [6, 6.07) is 4.43. The molecule has 2 amide bonds. The van der Waals surface area contributed by atoms with Crippen LogP contribution < -0.4 is 20.1 Å². The number of esters is 1. The van der Waals surface area contributed by atoms with E-state index in [9.17, 15) is 9.59 Å². The van der Waals surface area contributed by atoms with Gasteiger partial charge in [-0.2, -0.15) is 0 Å². The highest BCUT2D eigenvalue weighted by molar-refractivity contribution is 5.95. The average Bonchev–Trinajstić information content (AvgIpc) is 2.65. The molecule has 29 heavy (non-hydrogen) atoms. The van der Waals surface area contributed by atoms with Crippen molar-refractivity contribution in [1.29, 1.82) is 0 Å². The number of amides is 2. The van der Waals surface area contributed by atoms with Gasteiger partial charge in [-0.1, -0.05) is 19.4 Å². The highest BCUT2D eigenvalue weighted by Crippen LogP contribution is 2.35. The Labute approximate surface area is 172 Å². The van der Waals surface area contributed by atoms with Crippen LogP contribution in [0.5, 0.6) is 11.5 Å². The van der Waals surface area contributed by atoms with E-state index >= 15 is 0 Å². The molecule has 160 valence electrons. The van der Waals surface area contributed by atoms with E-state index in [1.165, 1.54) is 0 Å². The van der Waals surface area contributed by atoms with Crippen molar-refractivity contribution in [3.8, 4) is 11.5 Å². The third-order valence-corrected chi connectivity index (χ3v) is 4.38.